The van der Waals surface area contributed by atoms with Gasteiger partial charge >= 0.3 is 0 Å². The van der Waals surface area contributed by atoms with Crippen molar-refractivity contribution in [2.24, 2.45) is 5.92 Å². The molecular weight excluding hydrogens is 276 g/mol. The maximum Gasteiger partial charge on any atom is 0.228 e. The van der Waals surface area contributed by atoms with Gasteiger partial charge in [0, 0.05) is 12.2 Å². The minimum absolute atomic E-state index is 0.0335. The third-order valence-electron chi connectivity index (χ3n) is 3.44. The van der Waals surface area contributed by atoms with Gasteiger partial charge in [-0.05, 0) is 24.6 Å². The van der Waals surface area contributed by atoms with Crippen LogP contribution in [0.5, 0.6) is 0 Å². The lowest BCUT2D eigenvalue weighted by atomic mass is 10.1. The van der Waals surface area contributed by atoms with Crippen molar-refractivity contribution in [2.75, 3.05) is 23.4 Å². The number of amides is 1. The van der Waals surface area contributed by atoms with Crippen molar-refractivity contribution < 1.29 is 13.2 Å². The van der Waals surface area contributed by atoms with Gasteiger partial charge in [0.1, 0.15) is 0 Å². The molecular formula is C14H20N2O3S. The van der Waals surface area contributed by atoms with Gasteiger partial charge in [-0.15, -0.1) is 0 Å². The molecule has 110 valence electrons. The number of nitrogens with one attached hydrogen (secondary N) is 2. The minimum atomic E-state index is -3.03. The van der Waals surface area contributed by atoms with Gasteiger partial charge in [0.15, 0.2) is 9.84 Å². The van der Waals surface area contributed by atoms with E-state index in [1.807, 2.05) is 31.2 Å². The average molecular weight is 296 g/mol. The van der Waals surface area contributed by atoms with Gasteiger partial charge in [-0.1, -0.05) is 25.1 Å². The highest BCUT2D eigenvalue weighted by Gasteiger charge is 2.33. The molecule has 0 bridgehead atoms. The molecule has 20 heavy (non-hydrogen) atoms. The molecule has 1 atom stereocenters. The quantitative estimate of drug-likeness (QED) is 0.855. The fourth-order valence-corrected chi connectivity index (χ4v) is 4.03. The first kappa shape index (κ1) is 15.0. The van der Waals surface area contributed by atoms with E-state index in [-0.39, 0.29) is 17.4 Å². The zero-order valence-corrected chi connectivity index (χ0v) is 12.4. The first-order chi connectivity index (χ1) is 9.52. The third kappa shape index (κ3) is 3.80. The predicted octanol–water partition coefficient (Wildman–Crippen LogP) is 1.17. The number of hydrogen-bond donors (Lipinski definition) is 2. The summed E-state index contributed by atoms with van der Waals surface area (Å²) in [7, 11) is -3.03. The molecule has 0 aromatic heterocycles. The number of sulfone groups is 1. The van der Waals surface area contributed by atoms with E-state index in [9.17, 15) is 13.2 Å². The summed E-state index contributed by atoms with van der Waals surface area (Å²) in [5.74, 6) is -0.541. The second-order valence-corrected chi connectivity index (χ2v) is 7.26. The Morgan fingerprint density at radius 1 is 1.35 bits per heavy atom. The molecule has 1 aromatic rings. The van der Waals surface area contributed by atoms with Crippen LogP contribution in [0.3, 0.4) is 0 Å². The summed E-state index contributed by atoms with van der Waals surface area (Å²) in [4.78, 5) is 12.1. The first-order valence-corrected chi connectivity index (χ1v) is 8.64. The van der Waals surface area contributed by atoms with Crippen molar-refractivity contribution >= 4 is 21.4 Å². The molecule has 1 unspecified atom stereocenters. The third-order valence-corrected chi connectivity index (χ3v) is 5.21. The summed E-state index contributed by atoms with van der Waals surface area (Å²) < 4.78 is 22.8. The molecule has 0 spiro atoms. The van der Waals surface area contributed by atoms with E-state index in [0.29, 0.717) is 13.0 Å². The zero-order chi connectivity index (χ0) is 14.6. The van der Waals surface area contributed by atoms with E-state index < -0.39 is 15.8 Å². The van der Waals surface area contributed by atoms with Crippen LogP contribution in [0.1, 0.15) is 18.9 Å². The Kier molecular flexibility index (Phi) is 4.77. The van der Waals surface area contributed by atoms with Crippen molar-refractivity contribution in [1.82, 2.24) is 5.32 Å². The van der Waals surface area contributed by atoms with E-state index in [4.69, 9.17) is 0 Å². The van der Waals surface area contributed by atoms with Crippen LogP contribution in [0.2, 0.25) is 0 Å². The molecule has 1 saturated heterocycles. The van der Waals surface area contributed by atoms with E-state index in [1.54, 1.807) is 0 Å². The maximum atomic E-state index is 12.1. The largest absolute Gasteiger partial charge is 0.326 e. The molecule has 0 saturated carbocycles. The molecule has 1 fully saturated rings. The lowest BCUT2D eigenvalue weighted by Gasteiger charge is -2.13. The molecule has 1 aliphatic heterocycles. The Morgan fingerprint density at radius 2 is 2.10 bits per heavy atom. The molecule has 1 aliphatic rings. The highest BCUT2D eigenvalue weighted by molar-refractivity contribution is 7.91. The van der Waals surface area contributed by atoms with Crippen LogP contribution in [0.15, 0.2) is 24.3 Å². The van der Waals surface area contributed by atoms with Crippen LogP contribution < -0.4 is 10.6 Å². The Morgan fingerprint density at radius 3 is 2.75 bits per heavy atom. The number of benzene rings is 1. The van der Waals surface area contributed by atoms with Crippen LogP contribution in [-0.4, -0.2) is 32.4 Å². The molecule has 2 N–H and O–H groups in total. The Balaban J connectivity index is 2.04. The van der Waals surface area contributed by atoms with E-state index in [1.165, 1.54) is 0 Å². The zero-order valence-electron chi connectivity index (χ0n) is 11.6. The van der Waals surface area contributed by atoms with Crippen LogP contribution in [0.25, 0.3) is 0 Å². The van der Waals surface area contributed by atoms with E-state index in [2.05, 4.69) is 10.6 Å². The van der Waals surface area contributed by atoms with Crippen LogP contribution in [0.4, 0.5) is 5.69 Å². The molecule has 0 radical (unpaired) electrons. The molecule has 1 aromatic carbocycles. The Hall–Kier alpha value is -1.40. The molecule has 0 aliphatic carbocycles. The SMILES string of the molecule is CCNCc1ccccc1NC(=O)C1CCS(=O)(=O)C1. The summed E-state index contributed by atoms with van der Waals surface area (Å²) in [5, 5.41) is 6.07. The van der Waals surface area contributed by atoms with Gasteiger partial charge in [-0.3, -0.25) is 4.79 Å². The summed E-state index contributed by atoms with van der Waals surface area (Å²) in [6, 6.07) is 7.57. The van der Waals surface area contributed by atoms with Crippen LogP contribution in [0, 0.1) is 5.92 Å². The van der Waals surface area contributed by atoms with Gasteiger partial charge < -0.3 is 10.6 Å². The second kappa shape index (κ2) is 6.37. The van der Waals surface area contributed by atoms with Crippen LogP contribution >= 0.6 is 0 Å². The molecule has 1 heterocycles. The summed E-state index contributed by atoms with van der Waals surface area (Å²) in [6.45, 7) is 3.55. The summed E-state index contributed by atoms with van der Waals surface area (Å²) >= 11 is 0. The molecule has 6 heteroatoms. The lowest BCUT2D eigenvalue weighted by Crippen LogP contribution is -2.25. The number of hydrogen-bond acceptors (Lipinski definition) is 4. The Bertz CT molecular complexity index is 584. The van der Waals surface area contributed by atoms with Crippen LogP contribution in [-0.2, 0) is 21.2 Å². The van der Waals surface area contributed by atoms with Gasteiger partial charge in [0.05, 0.1) is 17.4 Å². The predicted molar refractivity (Wildman–Crippen MR) is 79.2 cm³/mol. The monoisotopic (exact) mass is 296 g/mol. The van der Waals surface area contributed by atoms with Gasteiger partial charge in [-0.25, -0.2) is 8.42 Å². The van der Waals surface area contributed by atoms with E-state index >= 15 is 0 Å². The molecule has 5 nitrogen and oxygen atoms in total. The van der Waals surface area contributed by atoms with Crippen molar-refractivity contribution in [3.05, 3.63) is 29.8 Å². The van der Waals surface area contributed by atoms with Crippen molar-refractivity contribution in [3.8, 4) is 0 Å². The highest BCUT2D eigenvalue weighted by atomic mass is 32.2. The molecule has 1 amide bonds. The second-order valence-electron chi connectivity index (χ2n) is 5.03. The topological polar surface area (TPSA) is 75.3 Å². The number of para-hydroxylation sites is 1. The lowest BCUT2D eigenvalue weighted by molar-refractivity contribution is -0.119. The fraction of sp³-hybridized carbons (Fsp3) is 0.500. The number of carbonyl (C=O) groups excluding carboxylic acids is 1. The van der Waals surface area contributed by atoms with Gasteiger partial charge in [0.2, 0.25) is 5.91 Å². The summed E-state index contributed by atoms with van der Waals surface area (Å²) in [5.41, 5.74) is 1.76. The molecule has 2 rings (SSSR count). The maximum absolute atomic E-state index is 12.1. The minimum Gasteiger partial charge on any atom is -0.326 e. The van der Waals surface area contributed by atoms with E-state index in [0.717, 1.165) is 17.8 Å². The van der Waals surface area contributed by atoms with Gasteiger partial charge in [-0.2, -0.15) is 0 Å². The summed E-state index contributed by atoms with van der Waals surface area (Å²) in [6.07, 6.45) is 0.420. The number of anilines is 1. The van der Waals surface area contributed by atoms with Gasteiger partial charge in [0.25, 0.3) is 0 Å². The van der Waals surface area contributed by atoms with Crippen molar-refractivity contribution in [1.29, 1.82) is 0 Å². The first-order valence-electron chi connectivity index (χ1n) is 6.82. The van der Waals surface area contributed by atoms with Crippen molar-refractivity contribution in [2.45, 2.75) is 19.9 Å². The normalized spacial score (nSPS) is 20.8. The fourth-order valence-electron chi connectivity index (χ4n) is 2.29. The highest BCUT2D eigenvalue weighted by Crippen LogP contribution is 2.22. The number of rotatable bonds is 5. The smallest absolute Gasteiger partial charge is 0.228 e. The number of carbonyl (C=O) groups is 1. The average Bonchev–Trinajstić information content (AvgIpc) is 2.78. The standard InChI is InChI=1S/C14H20N2O3S/c1-2-15-9-11-5-3-4-6-13(11)16-14(17)12-7-8-20(18,19)10-12/h3-6,12,15H,2,7-10H2,1H3,(H,16,17). The Labute approximate surface area is 119 Å². The van der Waals surface area contributed by atoms with Crippen molar-refractivity contribution in [3.63, 3.8) is 0 Å².